The molecule has 3 aromatic rings. The summed E-state index contributed by atoms with van der Waals surface area (Å²) in [5.74, 6) is 0.129. The van der Waals surface area contributed by atoms with Gasteiger partial charge in [0.2, 0.25) is 5.82 Å². The first-order chi connectivity index (χ1) is 13.6. The molecule has 29 heavy (non-hydrogen) atoms. The monoisotopic (exact) mass is 412 g/mol. The summed E-state index contributed by atoms with van der Waals surface area (Å²) in [6, 6.07) is 10.8. The predicted molar refractivity (Wildman–Crippen MR) is 113 cm³/mol. The van der Waals surface area contributed by atoms with Crippen LogP contribution in [0.25, 0.3) is 11.3 Å². The quantitative estimate of drug-likeness (QED) is 0.682. The Balaban J connectivity index is 2.02. The van der Waals surface area contributed by atoms with E-state index in [1.807, 2.05) is 24.3 Å². The number of aryl methyl sites for hydroxylation is 1. The van der Waals surface area contributed by atoms with Gasteiger partial charge in [0.15, 0.2) is 0 Å². The van der Waals surface area contributed by atoms with Gasteiger partial charge in [0, 0.05) is 11.8 Å². The number of pyridine rings is 1. The normalized spacial score (nSPS) is 11.9. The summed E-state index contributed by atoms with van der Waals surface area (Å²) < 4.78 is 33.8. The van der Waals surface area contributed by atoms with E-state index in [-0.39, 0.29) is 22.0 Å². The zero-order chi connectivity index (χ0) is 21.2. The smallest absolute Gasteiger partial charge is 0.265 e. The number of hydrogen-bond acceptors (Lipinski definition) is 6. The van der Waals surface area contributed by atoms with Crippen molar-refractivity contribution in [1.29, 1.82) is 0 Å². The van der Waals surface area contributed by atoms with Gasteiger partial charge in [0.05, 0.1) is 24.7 Å². The van der Waals surface area contributed by atoms with Crippen LogP contribution in [0.5, 0.6) is 5.88 Å². The van der Waals surface area contributed by atoms with Crippen molar-refractivity contribution < 1.29 is 13.2 Å². The molecule has 0 amide bonds. The lowest BCUT2D eigenvalue weighted by Crippen LogP contribution is -2.17. The van der Waals surface area contributed by atoms with Gasteiger partial charge in [-0.2, -0.15) is 0 Å². The number of sulfonamides is 1. The lowest BCUT2D eigenvalue weighted by atomic mass is 9.86. The summed E-state index contributed by atoms with van der Waals surface area (Å²) in [4.78, 5) is 12.6. The van der Waals surface area contributed by atoms with Gasteiger partial charge in [-0.25, -0.2) is 18.4 Å². The zero-order valence-corrected chi connectivity index (χ0v) is 17.9. The van der Waals surface area contributed by atoms with Gasteiger partial charge >= 0.3 is 0 Å². The van der Waals surface area contributed by atoms with Crippen LogP contribution in [0.1, 0.15) is 32.0 Å². The van der Waals surface area contributed by atoms with Gasteiger partial charge in [-0.15, -0.1) is 0 Å². The maximum atomic E-state index is 13.1. The van der Waals surface area contributed by atoms with E-state index in [0.717, 1.165) is 5.56 Å². The second-order valence-corrected chi connectivity index (χ2v) is 9.30. The van der Waals surface area contributed by atoms with Crippen molar-refractivity contribution in [3.63, 3.8) is 0 Å². The van der Waals surface area contributed by atoms with E-state index in [1.165, 1.54) is 19.4 Å². The fourth-order valence-corrected chi connectivity index (χ4v) is 3.99. The molecule has 0 fully saturated rings. The summed E-state index contributed by atoms with van der Waals surface area (Å²) >= 11 is 0. The first kappa shape index (κ1) is 20.7. The molecule has 152 valence electrons. The third-order valence-corrected chi connectivity index (χ3v) is 5.74. The molecule has 1 aromatic carbocycles. The van der Waals surface area contributed by atoms with E-state index >= 15 is 0 Å². The van der Waals surface area contributed by atoms with E-state index in [1.54, 1.807) is 19.2 Å². The highest BCUT2D eigenvalue weighted by atomic mass is 32.2. The predicted octanol–water partition coefficient (Wildman–Crippen LogP) is 3.95. The molecule has 7 nitrogen and oxygen atoms in total. The highest BCUT2D eigenvalue weighted by Gasteiger charge is 2.23. The first-order valence-corrected chi connectivity index (χ1v) is 10.6. The topological polar surface area (TPSA) is 94.1 Å². The van der Waals surface area contributed by atoms with Crippen LogP contribution < -0.4 is 9.46 Å². The summed E-state index contributed by atoms with van der Waals surface area (Å²) in [6.45, 7) is 8.12. The van der Waals surface area contributed by atoms with E-state index in [0.29, 0.717) is 17.0 Å². The number of nitrogens with zero attached hydrogens (tertiary/aromatic N) is 3. The largest absolute Gasteiger partial charge is 0.478 e. The van der Waals surface area contributed by atoms with Crippen LogP contribution in [0, 0.1) is 6.92 Å². The maximum Gasteiger partial charge on any atom is 0.265 e. The molecular formula is C21H24N4O3S. The molecule has 3 rings (SSSR count). The Morgan fingerprint density at radius 2 is 1.72 bits per heavy atom. The van der Waals surface area contributed by atoms with Crippen molar-refractivity contribution in [1.82, 2.24) is 15.0 Å². The number of benzene rings is 1. The maximum absolute atomic E-state index is 13.1. The van der Waals surface area contributed by atoms with Crippen molar-refractivity contribution in [2.75, 3.05) is 11.8 Å². The number of hydrogen-bond donors (Lipinski definition) is 1. The summed E-state index contributed by atoms with van der Waals surface area (Å²) in [5.41, 5.74) is 2.84. The van der Waals surface area contributed by atoms with Crippen LogP contribution in [0.15, 0.2) is 53.7 Å². The van der Waals surface area contributed by atoms with E-state index in [2.05, 4.69) is 40.4 Å². The Bertz CT molecular complexity index is 1120. The fraction of sp³-hybridized carbons (Fsp3) is 0.286. The van der Waals surface area contributed by atoms with Gasteiger partial charge in [0.1, 0.15) is 4.90 Å². The molecule has 0 aliphatic heterocycles. The van der Waals surface area contributed by atoms with Crippen LogP contribution in [0.4, 0.5) is 5.82 Å². The molecule has 0 saturated carbocycles. The molecule has 0 aliphatic rings. The van der Waals surface area contributed by atoms with Gasteiger partial charge < -0.3 is 4.74 Å². The Morgan fingerprint density at radius 3 is 2.34 bits per heavy atom. The third-order valence-electron chi connectivity index (χ3n) is 4.37. The average Bonchev–Trinajstić information content (AvgIpc) is 2.68. The van der Waals surface area contributed by atoms with Gasteiger partial charge in [-0.1, -0.05) is 45.0 Å². The van der Waals surface area contributed by atoms with Crippen molar-refractivity contribution in [2.45, 2.75) is 38.0 Å². The van der Waals surface area contributed by atoms with Crippen LogP contribution in [-0.2, 0) is 15.4 Å². The molecular weight excluding hydrogens is 388 g/mol. The molecule has 2 heterocycles. The molecule has 0 atom stereocenters. The SMILES string of the molecule is COc1nc(C)cnc1NS(=O)(=O)c1cccnc1-c1ccc(C(C)(C)C)cc1. The first-order valence-electron chi connectivity index (χ1n) is 9.08. The minimum absolute atomic E-state index is 0.000227. The Morgan fingerprint density at radius 1 is 1.03 bits per heavy atom. The number of aromatic nitrogens is 3. The molecule has 8 heteroatoms. The second-order valence-electron chi connectivity index (χ2n) is 7.65. The molecule has 1 N–H and O–H groups in total. The highest BCUT2D eigenvalue weighted by Crippen LogP contribution is 2.30. The van der Waals surface area contributed by atoms with E-state index in [4.69, 9.17) is 4.74 Å². The fourth-order valence-electron chi connectivity index (χ4n) is 2.80. The third kappa shape index (κ3) is 4.54. The average molecular weight is 413 g/mol. The van der Waals surface area contributed by atoms with Crippen molar-refractivity contribution >= 4 is 15.8 Å². The van der Waals surface area contributed by atoms with Crippen LogP contribution >= 0.6 is 0 Å². The Hall–Kier alpha value is -3.00. The highest BCUT2D eigenvalue weighted by molar-refractivity contribution is 7.92. The van der Waals surface area contributed by atoms with Crippen molar-refractivity contribution in [3.05, 3.63) is 60.0 Å². The van der Waals surface area contributed by atoms with E-state index < -0.39 is 10.0 Å². The van der Waals surface area contributed by atoms with Crippen molar-refractivity contribution in [2.24, 2.45) is 0 Å². The number of ether oxygens (including phenoxy) is 1. The minimum Gasteiger partial charge on any atom is -0.478 e. The lowest BCUT2D eigenvalue weighted by molar-refractivity contribution is 0.397. The van der Waals surface area contributed by atoms with Crippen LogP contribution in [0.3, 0.4) is 0 Å². The van der Waals surface area contributed by atoms with Crippen molar-refractivity contribution in [3.8, 4) is 17.1 Å². The molecule has 2 aromatic heterocycles. The van der Waals surface area contributed by atoms with Crippen LogP contribution in [0.2, 0.25) is 0 Å². The lowest BCUT2D eigenvalue weighted by Gasteiger charge is -2.19. The molecule has 0 saturated heterocycles. The molecule has 0 unspecified atom stereocenters. The zero-order valence-electron chi connectivity index (χ0n) is 17.1. The molecule has 0 bridgehead atoms. The van der Waals surface area contributed by atoms with Gasteiger partial charge in [-0.3, -0.25) is 9.71 Å². The Kier molecular flexibility index (Phi) is 5.57. The number of anilines is 1. The second kappa shape index (κ2) is 7.79. The standard InChI is InChI=1S/C21H24N4O3S/c1-14-13-23-19(20(24-14)28-5)25-29(26,27)17-7-6-12-22-18(17)15-8-10-16(11-9-15)21(2,3)4/h6-13H,1-5H3,(H,23,25). The summed E-state index contributed by atoms with van der Waals surface area (Å²) in [7, 11) is -2.56. The number of nitrogens with one attached hydrogen (secondary N) is 1. The van der Waals surface area contributed by atoms with Gasteiger partial charge in [-0.05, 0) is 30.0 Å². The summed E-state index contributed by atoms with van der Waals surface area (Å²) in [6.07, 6.45) is 3.04. The Labute approximate surface area is 171 Å². The molecule has 0 spiro atoms. The molecule has 0 aliphatic carbocycles. The van der Waals surface area contributed by atoms with Crippen LogP contribution in [-0.4, -0.2) is 30.5 Å². The number of methoxy groups -OCH3 is 1. The van der Waals surface area contributed by atoms with E-state index in [9.17, 15) is 8.42 Å². The summed E-state index contributed by atoms with van der Waals surface area (Å²) in [5, 5.41) is 0. The van der Waals surface area contributed by atoms with Gasteiger partial charge in [0.25, 0.3) is 15.9 Å². The number of rotatable bonds is 5. The minimum atomic E-state index is -3.97. The molecule has 0 radical (unpaired) electrons.